The van der Waals surface area contributed by atoms with Crippen molar-refractivity contribution < 1.29 is 19.2 Å². The van der Waals surface area contributed by atoms with E-state index in [4.69, 9.17) is 9.26 Å². The summed E-state index contributed by atoms with van der Waals surface area (Å²) in [5.41, 5.74) is 3.17. The normalized spacial score (nSPS) is 12.1. The fourth-order valence-corrected chi connectivity index (χ4v) is 4.31. The molecule has 0 saturated heterocycles. The van der Waals surface area contributed by atoms with Gasteiger partial charge in [-0.15, -0.1) is 11.8 Å². The molecular formula is C24H28N2O4S. The molecule has 1 aromatic heterocycles. The van der Waals surface area contributed by atoms with Crippen LogP contribution in [0, 0.1) is 13.8 Å². The van der Waals surface area contributed by atoms with Crippen LogP contribution in [0.15, 0.2) is 57.9 Å². The maximum Gasteiger partial charge on any atom is 0.252 e. The van der Waals surface area contributed by atoms with E-state index in [1.165, 1.54) is 0 Å². The third-order valence-electron chi connectivity index (χ3n) is 4.76. The van der Waals surface area contributed by atoms with Crippen LogP contribution in [0.5, 0.6) is 5.75 Å². The number of aliphatic hydroxyl groups is 1. The van der Waals surface area contributed by atoms with Crippen molar-refractivity contribution in [2.75, 3.05) is 6.54 Å². The molecule has 0 spiro atoms. The van der Waals surface area contributed by atoms with Crippen molar-refractivity contribution in [2.24, 2.45) is 0 Å². The number of carbonyl (C=O) groups is 1. The lowest BCUT2D eigenvalue weighted by molar-refractivity contribution is 0.0913. The molecule has 2 N–H and O–H groups in total. The number of carbonyl (C=O) groups excluding carboxylic acids is 1. The second kappa shape index (κ2) is 10.5. The lowest BCUT2D eigenvalue weighted by Crippen LogP contribution is -2.28. The molecule has 0 fully saturated rings. The standard InChI is InChI=1S/C24H28N2O4S/c1-15(2)29-19-9-7-8-18(12-19)22(27)13-25-24(28)20-10-5-6-11-23(20)31-14-21-16(3)26-30-17(21)4/h5-12,15,22,27H,13-14H2,1-4H3,(H,25,28). The van der Waals surface area contributed by atoms with E-state index in [0.29, 0.717) is 22.6 Å². The lowest BCUT2D eigenvalue weighted by Gasteiger charge is -2.16. The highest BCUT2D eigenvalue weighted by Gasteiger charge is 2.16. The molecule has 3 rings (SSSR count). The summed E-state index contributed by atoms with van der Waals surface area (Å²) < 4.78 is 10.9. The van der Waals surface area contributed by atoms with Crippen LogP contribution in [0.3, 0.4) is 0 Å². The molecule has 0 bridgehead atoms. The summed E-state index contributed by atoms with van der Waals surface area (Å²) in [5, 5.41) is 17.4. The number of aromatic nitrogens is 1. The highest BCUT2D eigenvalue weighted by atomic mass is 32.2. The summed E-state index contributed by atoms with van der Waals surface area (Å²) in [4.78, 5) is 13.7. The summed E-state index contributed by atoms with van der Waals surface area (Å²) in [7, 11) is 0. The third-order valence-corrected chi connectivity index (χ3v) is 5.86. The summed E-state index contributed by atoms with van der Waals surface area (Å²) in [6.07, 6.45) is -0.784. The Morgan fingerprint density at radius 2 is 1.97 bits per heavy atom. The molecule has 0 aliphatic carbocycles. The van der Waals surface area contributed by atoms with Gasteiger partial charge in [-0.05, 0) is 57.5 Å². The van der Waals surface area contributed by atoms with E-state index < -0.39 is 6.10 Å². The second-order valence-electron chi connectivity index (χ2n) is 7.55. The number of hydrogen-bond donors (Lipinski definition) is 2. The minimum Gasteiger partial charge on any atom is -0.491 e. The highest BCUT2D eigenvalue weighted by Crippen LogP contribution is 2.29. The van der Waals surface area contributed by atoms with Gasteiger partial charge in [0.05, 0.1) is 23.5 Å². The van der Waals surface area contributed by atoms with Gasteiger partial charge < -0.3 is 19.7 Å². The molecule has 0 aliphatic heterocycles. The molecule has 1 amide bonds. The Morgan fingerprint density at radius 3 is 2.68 bits per heavy atom. The third kappa shape index (κ3) is 6.12. The average Bonchev–Trinajstić information content (AvgIpc) is 3.07. The van der Waals surface area contributed by atoms with Crippen LogP contribution in [0.2, 0.25) is 0 Å². The van der Waals surface area contributed by atoms with Crippen molar-refractivity contribution in [1.29, 1.82) is 0 Å². The molecule has 1 unspecified atom stereocenters. The Kier molecular flexibility index (Phi) is 7.76. The first kappa shape index (κ1) is 22.9. The fraction of sp³-hybridized carbons (Fsp3) is 0.333. The van der Waals surface area contributed by atoms with Crippen molar-refractivity contribution in [3.05, 3.63) is 76.7 Å². The summed E-state index contributed by atoms with van der Waals surface area (Å²) in [6, 6.07) is 14.7. The zero-order valence-corrected chi connectivity index (χ0v) is 19.0. The van der Waals surface area contributed by atoms with Crippen LogP contribution in [0.1, 0.15) is 52.9 Å². The minimum atomic E-state index is -0.832. The number of amides is 1. The smallest absolute Gasteiger partial charge is 0.252 e. The Hall–Kier alpha value is -2.77. The van der Waals surface area contributed by atoms with Gasteiger partial charge in [-0.2, -0.15) is 0 Å². The maximum atomic E-state index is 12.8. The first-order valence-corrected chi connectivity index (χ1v) is 11.2. The van der Waals surface area contributed by atoms with Gasteiger partial charge >= 0.3 is 0 Å². The first-order valence-electron chi connectivity index (χ1n) is 10.2. The molecule has 31 heavy (non-hydrogen) atoms. The predicted octanol–water partition coefficient (Wildman–Crippen LogP) is 4.83. The van der Waals surface area contributed by atoms with Crippen LogP contribution in [-0.4, -0.2) is 28.8 Å². The molecule has 0 aliphatic rings. The Morgan fingerprint density at radius 1 is 1.19 bits per heavy atom. The van der Waals surface area contributed by atoms with Gasteiger partial charge in [0.1, 0.15) is 11.5 Å². The van der Waals surface area contributed by atoms with E-state index in [9.17, 15) is 9.90 Å². The van der Waals surface area contributed by atoms with Crippen LogP contribution in [-0.2, 0) is 5.75 Å². The molecule has 0 radical (unpaired) electrons. The van der Waals surface area contributed by atoms with E-state index in [0.717, 1.165) is 21.9 Å². The number of nitrogens with zero attached hydrogens (tertiary/aromatic N) is 1. The Balaban J connectivity index is 1.63. The monoisotopic (exact) mass is 440 g/mol. The molecule has 7 heteroatoms. The van der Waals surface area contributed by atoms with Crippen LogP contribution < -0.4 is 10.1 Å². The van der Waals surface area contributed by atoms with Gasteiger partial charge in [0.15, 0.2) is 0 Å². The zero-order chi connectivity index (χ0) is 22.4. The SMILES string of the molecule is Cc1noc(C)c1CSc1ccccc1C(=O)NCC(O)c1cccc(OC(C)C)c1. The first-order chi connectivity index (χ1) is 14.8. The summed E-state index contributed by atoms with van der Waals surface area (Å²) in [5.74, 6) is 1.92. The van der Waals surface area contributed by atoms with Crippen LogP contribution >= 0.6 is 11.8 Å². The van der Waals surface area contributed by atoms with Gasteiger partial charge in [0.25, 0.3) is 5.91 Å². The number of aryl methyl sites for hydroxylation is 2. The van der Waals surface area contributed by atoms with Gasteiger partial charge in [0.2, 0.25) is 0 Å². The van der Waals surface area contributed by atoms with Gasteiger partial charge in [-0.3, -0.25) is 4.79 Å². The predicted molar refractivity (Wildman–Crippen MR) is 121 cm³/mol. The molecule has 1 atom stereocenters. The molecule has 1 heterocycles. The van der Waals surface area contributed by atoms with Crippen molar-refractivity contribution >= 4 is 17.7 Å². The number of nitrogens with one attached hydrogen (secondary N) is 1. The van der Waals surface area contributed by atoms with Crippen molar-refractivity contribution in [3.63, 3.8) is 0 Å². The molecular weight excluding hydrogens is 412 g/mol. The Bertz CT molecular complexity index is 1010. The van der Waals surface area contributed by atoms with E-state index in [-0.39, 0.29) is 18.6 Å². The van der Waals surface area contributed by atoms with Crippen molar-refractivity contribution in [2.45, 2.75) is 50.6 Å². The largest absolute Gasteiger partial charge is 0.491 e. The Labute approximate surface area is 187 Å². The van der Waals surface area contributed by atoms with E-state index in [1.54, 1.807) is 23.9 Å². The molecule has 2 aromatic carbocycles. The average molecular weight is 441 g/mol. The van der Waals surface area contributed by atoms with Crippen LogP contribution in [0.4, 0.5) is 0 Å². The van der Waals surface area contributed by atoms with Gasteiger partial charge in [-0.25, -0.2) is 0 Å². The summed E-state index contributed by atoms with van der Waals surface area (Å²) >= 11 is 1.56. The minimum absolute atomic E-state index is 0.0477. The maximum absolute atomic E-state index is 12.8. The zero-order valence-electron chi connectivity index (χ0n) is 18.2. The summed E-state index contributed by atoms with van der Waals surface area (Å²) in [6.45, 7) is 7.80. The van der Waals surface area contributed by atoms with Crippen molar-refractivity contribution in [3.8, 4) is 5.75 Å². The van der Waals surface area contributed by atoms with E-state index in [2.05, 4.69) is 10.5 Å². The number of aliphatic hydroxyl groups excluding tert-OH is 1. The topological polar surface area (TPSA) is 84.6 Å². The van der Waals surface area contributed by atoms with Crippen LogP contribution in [0.25, 0.3) is 0 Å². The van der Waals surface area contributed by atoms with E-state index >= 15 is 0 Å². The molecule has 3 aromatic rings. The quantitative estimate of drug-likeness (QED) is 0.464. The molecule has 6 nitrogen and oxygen atoms in total. The molecule has 164 valence electrons. The number of rotatable bonds is 9. The second-order valence-corrected chi connectivity index (χ2v) is 8.57. The number of benzene rings is 2. The number of thioether (sulfide) groups is 1. The number of hydrogen-bond acceptors (Lipinski definition) is 6. The van der Waals surface area contributed by atoms with Gasteiger partial charge in [-0.1, -0.05) is 29.4 Å². The van der Waals surface area contributed by atoms with Crippen molar-refractivity contribution in [1.82, 2.24) is 10.5 Å². The lowest BCUT2D eigenvalue weighted by atomic mass is 10.1. The van der Waals surface area contributed by atoms with E-state index in [1.807, 2.05) is 64.1 Å². The highest BCUT2D eigenvalue weighted by molar-refractivity contribution is 7.98. The fourth-order valence-electron chi connectivity index (χ4n) is 3.11. The number of ether oxygens (including phenoxy) is 1. The van der Waals surface area contributed by atoms with Gasteiger partial charge in [0, 0.05) is 22.8 Å². The molecule has 0 saturated carbocycles.